The van der Waals surface area contributed by atoms with E-state index in [1.165, 1.54) is 50.5 Å². The Balaban J connectivity index is 1.74. The van der Waals surface area contributed by atoms with E-state index in [0.717, 1.165) is 10.9 Å². The number of hydrogen-bond acceptors (Lipinski definition) is 8. The second-order valence-electron chi connectivity index (χ2n) is 7.67. The molecule has 3 rings (SSSR count). The molecule has 0 aliphatic heterocycles. The van der Waals surface area contributed by atoms with Crippen LogP contribution in [0.3, 0.4) is 0 Å². The predicted octanol–water partition coefficient (Wildman–Crippen LogP) is 3.69. The lowest BCUT2D eigenvalue weighted by Crippen LogP contribution is -2.28. The molecule has 1 heterocycles. The molecule has 0 fully saturated rings. The molecule has 1 amide bonds. The standard InChI is InChI=1S/C27H24N2O7/c1-5-10-29-26(31)19(15-28)12-18-6-9-22(24(13-18)33-4)36-27(32)17(3)34-20-7-8-21-16(2)11-25(30)35-23(21)14-20/h5-9,11-14,17H,1,10H2,2-4H3,(H,29,31). The minimum absolute atomic E-state index is 0.105. The lowest BCUT2D eigenvalue weighted by Gasteiger charge is -2.16. The van der Waals surface area contributed by atoms with Crippen molar-refractivity contribution in [2.24, 2.45) is 0 Å². The molecule has 9 heteroatoms. The summed E-state index contributed by atoms with van der Waals surface area (Å²) >= 11 is 0. The van der Waals surface area contributed by atoms with Gasteiger partial charge in [0.1, 0.15) is 23.0 Å². The van der Waals surface area contributed by atoms with Crippen LogP contribution < -0.4 is 25.2 Å². The summed E-state index contributed by atoms with van der Waals surface area (Å²) in [5.41, 5.74) is 1.03. The molecule has 0 aliphatic rings. The average molecular weight is 488 g/mol. The number of carbonyl (C=O) groups excluding carboxylic acids is 2. The molecular formula is C27H24N2O7. The zero-order valence-electron chi connectivity index (χ0n) is 20.0. The first-order chi connectivity index (χ1) is 17.2. The molecule has 1 unspecified atom stereocenters. The lowest BCUT2D eigenvalue weighted by molar-refractivity contribution is -0.141. The Morgan fingerprint density at radius 3 is 2.67 bits per heavy atom. The van der Waals surface area contributed by atoms with E-state index in [4.69, 9.17) is 18.6 Å². The van der Waals surface area contributed by atoms with Crippen molar-refractivity contribution >= 4 is 28.9 Å². The van der Waals surface area contributed by atoms with Crippen molar-refractivity contribution in [1.82, 2.24) is 5.32 Å². The van der Waals surface area contributed by atoms with E-state index >= 15 is 0 Å². The van der Waals surface area contributed by atoms with Gasteiger partial charge in [-0.2, -0.15) is 5.26 Å². The Hall–Kier alpha value is -4.84. The Morgan fingerprint density at radius 2 is 1.97 bits per heavy atom. The highest BCUT2D eigenvalue weighted by Gasteiger charge is 2.20. The van der Waals surface area contributed by atoms with E-state index in [1.807, 2.05) is 6.07 Å². The number of rotatable bonds is 9. The quantitative estimate of drug-likeness (QED) is 0.121. The highest BCUT2D eigenvalue weighted by molar-refractivity contribution is 6.01. The monoisotopic (exact) mass is 488 g/mol. The van der Waals surface area contributed by atoms with Crippen molar-refractivity contribution in [3.05, 3.63) is 82.2 Å². The fourth-order valence-corrected chi connectivity index (χ4v) is 3.26. The summed E-state index contributed by atoms with van der Waals surface area (Å²) in [6.07, 6.45) is 1.89. The molecular weight excluding hydrogens is 464 g/mol. The van der Waals surface area contributed by atoms with Crippen molar-refractivity contribution < 1.29 is 28.2 Å². The van der Waals surface area contributed by atoms with E-state index in [1.54, 1.807) is 25.1 Å². The van der Waals surface area contributed by atoms with Crippen LogP contribution in [-0.4, -0.2) is 31.6 Å². The van der Waals surface area contributed by atoms with Crippen molar-refractivity contribution in [2.45, 2.75) is 20.0 Å². The molecule has 0 saturated heterocycles. The van der Waals surface area contributed by atoms with Crippen LogP contribution >= 0.6 is 0 Å². The van der Waals surface area contributed by atoms with E-state index in [0.29, 0.717) is 16.9 Å². The Bertz CT molecular complexity index is 1450. The molecule has 0 aliphatic carbocycles. The first-order valence-corrected chi connectivity index (χ1v) is 10.9. The third kappa shape index (κ3) is 6.18. The number of aryl methyl sites for hydroxylation is 1. The van der Waals surface area contributed by atoms with Crippen LogP contribution in [0.4, 0.5) is 0 Å². The molecule has 184 valence electrons. The van der Waals surface area contributed by atoms with E-state index in [-0.39, 0.29) is 23.6 Å². The minimum atomic E-state index is -0.998. The fraction of sp³-hybridized carbons (Fsp3) is 0.185. The number of esters is 1. The van der Waals surface area contributed by atoms with Gasteiger partial charge in [0.05, 0.1) is 7.11 Å². The van der Waals surface area contributed by atoms with Crippen molar-refractivity contribution in [2.75, 3.05) is 13.7 Å². The van der Waals surface area contributed by atoms with E-state index in [2.05, 4.69) is 11.9 Å². The molecule has 36 heavy (non-hydrogen) atoms. The highest BCUT2D eigenvalue weighted by atomic mass is 16.6. The highest BCUT2D eigenvalue weighted by Crippen LogP contribution is 2.30. The van der Waals surface area contributed by atoms with Crippen LogP contribution in [0.1, 0.15) is 18.1 Å². The van der Waals surface area contributed by atoms with Gasteiger partial charge in [-0.05, 0) is 55.3 Å². The van der Waals surface area contributed by atoms with Gasteiger partial charge in [-0.3, -0.25) is 4.79 Å². The molecule has 1 atom stereocenters. The normalized spacial score (nSPS) is 11.8. The number of hydrogen-bond donors (Lipinski definition) is 1. The number of nitrogens with one attached hydrogen (secondary N) is 1. The molecule has 3 aromatic rings. The number of carbonyl (C=O) groups is 2. The summed E-state index contributed by atoms with van der Waals surface area (Å²) in [5.74, 6) is -0.558. The van der Waals surface area contributed by atoms with E-state index in [9.17, 15) is 19.6 Å². The molecule has 1 aromatic heterocycles. The maximum absolute atomic E-state index is 12.7. The second kappa shape index (κ2) is 11.5. The van der Waals surface area contributed by atoms with Gasteiger partial charge in [0, 0.05) is 24.1 Å². The van der Waals surface area contributed by atoms with Crippen LogP contribution in [0.15, 0.2) is 69.9 Å². The third-order valence-corrected chi connectivity index (χ3v) is 5.05. The molecule has 2 aromatic carbocycles. The largest absolute Gasteiger partial charge is 0.493 e. The van der Waals surface area contributed by atoms with Crippen LogP contribution in [0, 0.1) is 18.3 Å². The Morgan fingerprint density at radius 1 is 1.19 bits per heavy atom. The number of amides is 1. The SMILES string of the molecule is C=CCNC(=O)C(C#N)=Cc1ccc(OC(=O)C(C)Oc2ccc3c(C)cc(=O)oc3c2)c(OC)c1. The summed E-state index contributed by atoms with van der Waals surface area (Å²) in [7, 11) is 1.40. The topological polar surface area (TPSA) is 128 Å². The number of ether oxygens (including phenoxy) is 3. The maximum atomic E-state index is 12.7. The summed E-state index contributed by atoms with van der Waals surface area (Å²) in [6, 6.07) is 12.8. The van der Waals surface area contributed by atoms with Gasteiger partial charge in [0.2, 0.25) is 0 Å². The molecule has 0 bridgehead atoms. The van der Waals surface area contributed by atoms with Crippen molar-refractivity contribution in [3.8, 4) is 23.3 Å². The smallest absolute Gasteiger partial charge is 0.352 e. The maximum Gasteiger partial charge on any atom is 0.352 e. The molecule has 0 spiro atoms. The average Bonchev–Trinajstić information content (AvgIpc) is 2.86. The Labute approximate surface area is 207 Å². The molecule has 0 radical (unpaired) electrons. The first kappa shape index (κ1) is 25.8. The van der Waals surface area contributed by atoms with Crippen LogP contribution in [0.2, 0.25) is 0 Å². The van der Waals surface area contributed by atoms with E-state index < -0.39 is 23.6 Å². The zero-order valence-corrected chi connectivity index (χ0v) is 20.0. The zero-order chi connectivity index (χ0) is 26.2. The summed E-state index contributed by atoms with van der Waals surface area (Å²) in [5, 5.41) is 12.6. The number of methoxy groups -OCH3 is 1. The van der Waals surface area contributed by atoms with Crippen molar-refractivity contribution in [1.29, 1.82) is 5.26 Å². The van der Waals surface area contributed by atoms with Gasteiger partial charge >= 0.3 is 11.6 Å². The third-order valence-electron chi connectivity index (χ3n) is 5.05. The number of nitrogens with zero attached hydrogens (tertiary/aromatic N) is 1. The number of nitriles is 1. The number of fused-ring (bicyclic) bond motifs is 1. The van der Waals surface area contributed by atoms with Gasteiger partial charge in [-0.1, -0.05) is 12.1 Å². The summed E-state index contributed by atoms with van der Waals surface area (Å²) < 4.78 is 21.6. The van der Waals surface area contributed by atoms with Crippen LogP contribution in [0.5, 0.6) is 17.2 Å². The summed E-state index contributed by atoms with van der Waals surface area (Å²) in [6.45, 7) is 7.05. The molecule has 1 N–H and O–H groups in total. The Kier molecular flexibility index (Phi) is 8.26. The lowest BCUT2D eigenvalue weighted by atomic mass is 10.1. The van der Waals surface area contributed by atoms with Gasteiger partial charge in [0.15, 0.2) is 17.6 Å². The van der Waals surface area contributed by atoms with Crippen LogP contribution in [-0.2, 0) is 9.59 Å². The molecule has 9 nitrogen and oxygen atoms in total. The van der Waals surface area contributed by atoms with Gasteiger partial charge in [-0.15, -0.1) is 6.58 Å². The fourth-order valence-electron chi connectivity index (χ4n) is 3.26. The first-order valence-electron chi connectivity index (χ1n) is 10.9. The predicted molar refractivity (Wildman–Crippen MR) is 133 cm³/mol. The van der Waals surface area contributed by atoms with Crippen molar-refractivity contribution in [3.63, 3.8) is 0 Å². The summed E-state index contributed by atoms with van der Waals surface area (Å²) in [4.78, 5) is 36.4. The van der Waals surface area contributed by atoms with Gasteiger partial charge in [0.25, 0.3) is 5.91 Å². The minimum Gasteiger partial charge on any atom is -0.493 e. The number of benzene rings is 2. The molecule has 0 saturated carbocycles. The second-order valence-corrected chi connectivity index (χ2v) is 7.67. The van der Waals surface area contributed by atoms with Gasteiger partial charge in [-0.25, -0.2) is 9.59 Å². The van der Waals surface area contributed by atoms with Crippen LogP contribution in [0.25, 0.3) is 17.0 Å². The van der Waals surface area contributed by atoms with Gasteiger partial charge < -0.3 is 23.9 Å².